The van der Waals surface area contributed by atoms with E-state index in [-0.39, 0.29) is 0 Å². The summed E-state index contributed by atoms with van der Waals surface area (Å²) in [4.78, 5) is 0. The van der Waals surface area contributed by atoms with E-state index < -0.39 is 0 Å². The average Bonchev–Trinajstić information content (AvgIpc) is 3.17. The van der Waals surface area contributed by atoms with Gasteiger partial charge in [0.2, 0.25) is 0 Å². The fourth-order valence-electron chi connectivity index (χ4n) is 4.13. The van der Waals surface area contributed by atoms with Crippen molar-refractivity contribution in [3.63, 3.8) is 0 Å². The highest BCUT2D eigenvalue weighted by molar-refractivity contribution is 7.26. The lowest BCUT2D eigenvalue weighted by atomic mass is 10.0. The predicted octanol–water partition coefficient (Wildman–Crippen LogP) is 7.04. The monoisotopic (exact) mass is 343 g/mol. The van der Waals surface area contributed by atoms with Gasteiger partial charge in [0, 0.05) is 38.8 Å². The second-order valence-corrected chi connectivity index (χ2v) is 7.93. The molecule has 0 fully saturated rings. The van der Waals surface area contributed by atoms with Crippen LogP contribution in [0.15, 0.2) is 54.6 Å². The van der Waals surface area contributed by atoms with E-state index in [4.69, 9.17) is 0 Å². The van der Waals surface area contributed by atoms with Gasteiger partial charge in [0.15, 0.2) is 0 Å². The fraction of sp³-hybridized carbons (Fsp3) is 0.217. The Hall–Kier alpha value is -2.32. The van der Waals surface area contributed by atoms with Crippen LogP contribution in [0, 0.1) is 0 Å². The molecule has 0 bridgehead atoms. The topological polar surface area (TPSA) is 4.93 Å². The summed E-state index contributed by atoms with van der Waals surface area (Å²) in [7, 11) is 2.20. The first-order valence-corrected chi connectivity index (χ1v) is 9.91. The first-order chi connectivity index (χ1) is 12.3. The van der Waals surface area contributed by atoms with Crippen molar-refractivity contribution in [3.05, 3.63) is 60.2 Å². The van der Waals surface area contributed by atoms with Crippen LogP contribution < -0.4 is 0 Å². The zero-order chi connectivity index (χ0) is 17.0. The van der Waals surface area contributed by atoms with Crippen molar-refractivity contribution in [1.82, 2.24) is 4.57 Å². The number of para-hydroxylation sites is 1. The van der Waals surface area contributed by atoms with Gasteiger partial charge in [-0.15, -0.1) is 11.3 Å². The summed E-state index contributed by atoms with van der Waals surface area (Å²) in [5, 5.41) is 5.54. The lowest BCUT2D eigenvalue weighted by Gasteiger charge is -2.01. The summed E-state index contributed by atoms with van der Waals surface area (Å²) >= 11 is 1.98. The van der Waals surface area contributed by atoms with Crippen molar-refractivity contribution < 1.29 is 0 Å². The molecule has 2 heteroatoms. The van der Waals surface area contributed by atoms with Crippen molar-refractivity contribution in [2.24, 2.45) is 7.05 Å². The van der Waals surface area contributed by atoms with Gasteiger partial charge in [0.05, 0.1) is 10.2 Å². The predicted molar refractivity (Wildman–Crippen MR) is 112 cm³/mol. The Labute approximate surface area is 151 Å². The molecule has 0 atom stereocenters. The molecule has 0 radical (unpaired) electrons. The number of aromatic nitrogens is 1. The summed E-state index contributed by atoms with van der Waals surface area (Å²) in [6, 6.07) is 20.2. The zero-order valence-electron chi connectivity index (χ0n) is 14.7. The minimum Gasteiger partial charge on any atom is -0.342 e. The number of hydrogen-bond acceptors (Lipinski definition) is 1. The quantitative estimate of drug-likeness (QED) is 0.331. The highest BCUT2D eigenvalue weighted by Crippen LogP contribution is 2.42. The molecule has 2 aromatic heterocycles. The molecular weight excluding hydrogens is 322 g/mol. The van der Waals surface area contributed by atoms with Crippen LogP contribution in [0.25, 0.3) is 42.0 Å². The smallest absolute Gasteiger partial charge is 0.0670 e. The molecule has 2 heterocycles. The van der Waals surface area contributed by atoms with Gasteiger partial charge in [0.1, 0.15) is 0 Å². The van der Waals surface area contributed by atoms with Crippen LogP contribution >= 0.6 is 11.3 Å². The van der Waals surface area contributed by atoms with E-state index in [1.165, 1.54) is 66.8 Å². The van der Waals surface area contributed by atoms with Crippen LogP contribution in [0.4, 0.5) is 0 Å². The molecule has 0 saturated heterocycles. The van der Waals surface area contributed by atoms with E-state index in [9.17, 15) is 0 Å². The number of unbranched alkanes of at least 4 members (excludes halogenated alkanes) is 1. The number of fused-ring (bicyclic) bond motifs is 7. The minimum atomic E-state index is 1.18. The third kappa shape index (κ3) is 2.07. The Morgan fingerprint density at radius 3 is 2.44 bits per heavy atom. The van der Waals surface area contributed by atoms with E-state index in [0.29, 0.717) is 0 Å². The first-order valence-electron chi connectivity index (χ1n) is 9.10. The van der Waals surface area contributed by atoms with E-state index in [0.717, 1.165) is 0 Å². The van der Waals surface area contributed by atoms with Gasteiger partial charge >= 0.3 is 0 Å². The van der Waals surface area contributed by atoms with Crippen molar-refractivity contribution in [1.29, 1.82) is 0 Å². The second kappa shape index (κ2) is 5.60. The molecule has 5 rings (SSSR count). The summed E-state index contributed by atoms with van der Waals surface area (Å²) < 4.78 is 5.27. The highest BCUT2D eigenvalue weighted by atomic mass is 32.1. The Kier molecular flexibility index (Phi) is 3.36. The number of thiophene rings is 1. The highest BCUT2D eigenvalue weighted by Gasteiger charge is 2.15. The second-order valence-electron chi connectivity index (χ2n) is 6.91. The molecule has 0 aliphatic heterocycles. The van der Waals surface area contributed by atoms with Crippen LogP contribution in [0.5, 0.6) is 0 Å². The van der Waals surface area contributed by atoms with Crippen LogP contribution in [-0.4, -0.2) is 4.57 Å². The molecule has 0 unspecified atom stereocenters. The molecule has 25 heavy (non-hydrogen) atoms. The number of benzene rings is 3. The van der Waals surface area contributed by atoms with E-state index in [1.807, 2.05) is 11.3 Å². The number of nitrogens with zero attached hydrogens (tertiary/aromatic N) is 1. The average molecular weight is 343 g/mol. The van der Waals surface area contributed by atoms with Crippen molar-refractivity contribution in [3.8, 4) is 0 Å². The van der Waals surface area contributed by atoms with Crippen molar-refractivity contribution >= 4 is 53.3 Å². The lowest BCUT2D eigenvalue weighted by Crippen LogP contribution is -1.85. The summed E-state index contributed by atoms with van der Waals surface area (Å²) in [6.07, 6.45) is 3.68. The Morgan fingerprint density at radius 2 is 1.56 bits per heavy atom. The van der Waals surface area contributed by atoms with Crippen LogP contribution in [-0.2, 0) is 13.5 Å². The molecular formula is C23H21NS. The number of aryl methyl sites for hydroxylation is 2. The van der Waals surface area contributed by atoms with Crippen molar-refractivity contribution in [2.45, 2.75) is 26.2 Å². The molecule has 124 valence electrons. The first kappa shape index (κ1) is 15.0. The molecule has 1 nitrogen and oxygen atoms in total. The van der Waals surface area contributed by atoms with Gasteiger partial charge in [-0.25, -0.2) is 0 Å². The van der Waals surface area contributed by atoms with Crippen LogP contribution in [0.2, 0.25) is 0 Å². The maximum Gasteiger partial charge on any atom is 0.0670 e. The Balaban J connectivity index is 1.93. The largest absolute Gasteiger partial charge is 0.342 e. The fourth-order valence-corrected chi connectivity index (χ4v) is 5.56. The van der Waals surface area contributed by atoms with Crippen molar-refractivity contribution in [2.75, 3.05) is 0 Å². The van der Waals surface area contributed by atoms with E-state index in [1.54, 1.807) is 0 Å². The molecule has 5 aromatic rings. The SMILES string of the molecule is CCCCc1cccc2c1sc1c2ccc2c3ccccc3n(C)c21. The minimum absolute atomic E-state index is 1.18. The lowest BCUT2D eigenvalue weighted by molar-refractivity contribution is 0.799. The summed E-state index contributed by atoms with van der Waals surface area (Å²) in [5.74, 6) is 0. The zero-order valence-corrected chi connectivity index (χ0v) is 15.5. The standard InChI is InChI=1S/C23H21NS/c1-3-4-8-15-9-7-11-18-19-14-13-17-16-10-5-6-12-20(16)24(2)21(17)23(19)25-22(15)18/h5-7,9-14H,3-4,8H2,1-2H3. The number of hydrogen-bond donors (Lipinski definition) is 0. The van der Waals surface area contributed by atoms with Gasteiger partial charge in [-0.1, -0.05) is 61.9 Å². The van der Waals surface area contributed by atoms with Gasteiger partial charge in [0.25, 0.3) is 0 Å². The summed E-state index contributed by atoms with van der Waals surface area (Å²) in [6.45, 7) is 2.27. The summed E-state index contributed by atoms with van der Waals surface area (Å²) in [5.41, 5.74) is 4.20. The Bertz CT molecular complexity index is 1240. The third-order valence-electron chi connectivity index (χ3n) is 5.41. The van der Waals surface area contributed by atoms with E-state index >= 15 is 0 Å². The maximum atomic E-state index is 2.37. The molecule has 0 aliphatic carbocycles. The molecule has 0 saturated carbocycles. The molecule has 0 aliphatic rings. The Morgan fingerprint density at radius 1 is 0.800 bits per heavy atom. The van der Waals surface area contributed by atoms with Gasteiger partial charge in [-0.05, 0) is 24.5 Å². The normalized spacial score (nSPS) is 12.1. The van der Waals surface area contributed by atoms with E-state index in [2.05, 4.69) is 73.1 Å². The molecule has 0 N–H and O–H groups in total. The molecule has 3 aromatic carbocycles. The third-order valence-corrected chi connectivity index (χ3v) is 6.72. The van der Waals surface area contributed by atoms with Crippen LogP contribution in [0.3, 0.4) is 0 Å². The van der Waals surface area contributed by atoms with Gasteiger partial charge in [-0.3, -0.25) is 0 Å². The maximum absolute atomic E-state index is 2.37. The molecule has 0 spiro atoms. The van der Waals surface area contributed by atoms with Gasteiger partial charge < -0.3 is 4.57 Å². The van der Waals surface area contributed by atoms with Gasteiger partial charge in [-0.2, -0.15) is 0 Å². The molecule has 0 amide bonds. The number of rotatable bonds is 3. The van der Waals surface area contributed by atoms with Crippen LogP contribution in [0.1, 0.15) is 25.3 Å².